The molecule has 0 aliphatic carbocycles. The van der Waals surface area contributed by atoms with E-state index in [0.29, 0.717) is 12.7 Å². The predicted molar refractivity (Wildman–Crippen MR) is 45.5 cm³/mol. The van der Waals surface area contributed by atoms with Crippen molar-refractivity contribution in [3.8, 4) is 0 Å². The van der Waals surface area contributed by atoms with E-state index in [1.54, 1.807) is 0 Å². The number of rotatable bonds is 0. The largest absolute Gasteiger partial charge is 0.452 e. The summed E-state index contributed by atoms with van der Waals surface area (Å²) in [4.78, 5) is 4.32. The van der Waals surface area contributed by atoms with Gasteiger partial charge in [0.1, 0.15) is 0 Å². The fraction of sp³-hybridized carbons (Fsp3) is 0.444. The van der Waals surface area contributed by atoms with Crippen LogP contribution in [0.5, 0.6) is 0 Å². The normalized spacial score (nSPS) is 24.9. The van der Waals surface area contributed by atoms with Crippen molar-refractivity contribution in [2.45, 2.75) is 19.8 Å². The number of nitrogens with zero attached hydrogens (tertiary/aromatic N) is 1. The molecule has 0 bridgehead atoms. The van der Waals surface area contributed by atoms with Crippen LogP contribution in [0.4, 0.5) is 0 Å². The lowest BCUT2D eigenvalue weighted by molar-refractivity contribution is 0.114. The van der Waals surface area contributed by atoms with Crippen molar-refractivity contribution in [1.82, 2.24) is 0 Å². The summed E-state index contributed by atoms with van der Waals surface area (Å²) < 4.78 is 10.4. The summed E-state index contributed by atoms with van der Waals surface area (Å²) in [7, 11) is 0. The molecule has 0 N–H and O–H groups in total. The predicted octanol–water partition coefficient (Wildman–Crippen LogP) is 1.97. The van der Waals surface area contributed by atoms with Crippen molar-refractivity contribution in [2.24, 2.45) is 4.99 Å². The first-order valence-electron chi connectivity index (χ1n) is 4.10. The van der Waals surface area contributed by atoms with Crippen LogP contribution in [0, 0.1) is 0 Å². The second-order valence-corrected chi connectivity index (χ2v) is 2.71. The fourth-order valence-corrected chi connectivity index (χ4v) is 1.26. The summed E-state index contributed by atoms with van der Waals surface area (Å²) in [5, 5.41) is 0. The molecule has 2 rings (SSSR count). The average Bonchev–Trinajstić information content (AvgIpc) is 2.43. The van der Waals surface area contributed by atoms with Gasteiger partial charge in [-0.05, 0) is 25.8 Å². The van der Waals surface area contributed by atoms with Gasteiger partial charge in [-0.25, -0.2) is 4.99 Å². The topological polar surface area (TPSA) is 30.8 Å². The third-order valence-electron chi connectivity index (χ3n) is 1.93. The van der Waals surface area contributed by atoms with Crippen LogP contribution in [-0.2, 0) is 9.47 Å². The Labute approximate surface area is 71.4 Å². The van der Waals surface area contributed by atoms with E-state index < -0.39 is 0 Å². The molecule has 0 aromatic rings. The first kappa shape index (κ1) is 7.40. The Kier molecular flexibility index (Phi) is 1.86. The highest BCUT2D eigenvalue weighted by Gasteiger charge is 2.20. The van der Waals surface area contributed by atoms with E-state index in [2.05, 4.69) is 4.99 Å². The van der Waals surface area contributed by atoms with E-state index in [9.17, 15) is 0 Å². The molecular formula is C9H11NO2. The van der Waals surface area contributed by atoms with Crippen LogP contribution in [0.1, 0.15) is 19.8 Å². The first-order valence-corrected chi connectivity index (χ1v) is 4.10. The molecule has 0 amide bonds. The molecule has 2 aliphatic heterocycles. The maximum absolute atomic E-state index is 5.21. The molecule has 1 fully saturated rings. The SMILES string of the molecule is CC=C1CCC=C2OCOC2=N1. The molecule has 0 spiro atoms. The number of allylic oxidation sites excluding steroid dienone is 3. The van der Waals surface area contributed by atoms with Crippen LogP contribution in [0.2, 0.25) is 0 Å². The van der Waals surface area contributed by atoms with Crippen molar-refractivity contribution in [1.29, 1.82) is 0 Å². The highest BCUT2D eigenvalue weighted by Crippen LogP contribution is 2.21. The number of fused-ring (bicyclic) bond motifs is 1. The lowest BCUT2D eigenvalue weighted by atomic mass is 10.2. The molecular weight excluding hydrogens is 154 g/mol. The Morgan fingerprint density at radius 3 is 3.25 bits per heavy atom. The van der Waals surface area contributed by atoms with E-state index in [0.717, 1.165) is 24.3 Å². The van der Waals surface area contributed by atoms with Gasteiger partial charge in [0.05, 0.1) is 0 Å². The van der Waals surface area contributed by atoms with Gasteiger partial charge in [-0.15, -0.1) is 0 Å². The van der Waals surface area contributed by atoms with Gasteiger partial charge >= 0.3 is 0 Å². The second-order valence-electron chi connectivity index (χ2n) is 2.71. The van der Waals surface area contributed by atoms with E-state index in [1.807, 2.05) is 19.1 Å². The minimum absolute atomic E-state index is 0.307. The minimum Gasteiger partial charge on any atom is -0.452 e. The smallest absolute Gasteiger partial charge is 0.259 e. The van der Waals surface area contributed by atoms with Crippen LogP contribution < -0.4 is 0 Å². The Hall–Kier alpha value is -1.25. The van der Waals surface area contributed by atoms with Gasteiger partial charge in [0.2, 0.25) is 6.79 Å². The van der Waals surface area contributed by atoms with Crippen molar-refractivity contribution >= 4 is 5.90 Å². The summed E-state index contributed by atoms with van der Waals surface area (Å²) >= 11 is 0. The molecule has 3 heteroatoms. The third-order valence-corrected chi connectivity index (χ3v) is 1.93. The van der Waals surface area contributed by atoms with Crippen LogP contribution in [0.25, 0.3) is 0 Å². The second kappa shape index (κ2) is 3.01. The summed E-state index contributed by atoms with van der Waals surface area (Å²) in [5.74, 6) is 1.44. The van der Waals surface area contributed by atoms with Gasteiger partial charge in [0.15, 0.2) is 5.76 Å². The maximum Gasteiger partial charge on any atom is 0.259 e. The third kappa shape index (κ3) is 1.22. The zero-order valence-corrected chi connectivity index (χ0v) is 7.04. The molecule has 0 radical (unpaired) electrons. The molecule has 1 saturated heterocycles. The molecule has 0 aromatic heterocycles. The van der Waals surface area contributed by atoms with Gasteiger partial charge in [-0.3, -0.25) is 0 Å². The standard InChI is InChI=1S/C9H11NO2/c1-2-7-4-3-5-8-9(10-7)12-6-11-8/h2,5H,3-4,6H2,1H3. The Morgan fingerprint density at radius 2 is 2.42 bits per heavy atom. The van der Waals surface area contributed by atoms with E-state index >= 15 is 0 Å². The zero-order valence-electron chi connectivity index (χ0n) is 7.04. The van der Waals surface area contributed by atoms with Gasteiger partial charge in [-0.2, -0.15) is 0 Å². The zero-order chi connectivity index (χ0) is 8.39. The summed E-state index contributed by atoms with van der Waals surface area (Å²) in [6, 6.07) is 0. The minimum atomic E-state index is 0.307. The van der Waals surface area contributed by atoms with E-state index in [4.69, 9.17) is 9.47 Å². The van der Waals surface area contributed by atoms with Crippen molar-refractivity contribution in [2.75, 3.05) is 6.79 Å². The molecule has 0 unspecified atom stereocenters. The monoisotopic (exact) mass is 165 g/mol. The molecule has 3 nitrogen and oxygen atoms in total. The number of hydrogen-bond donors (Lipinski definition) is 0. The molecule has 64 valence electrons. The molecule has 0 saturated carbocycles. The number of ether oxygens (including phenoxy) is 2. The number of hydrogen-bond acceptors (Lipinski definition) is 3. The van der Waals surface area contributed by atoms with Gasteiger partial charge in [-0.1, -0.05) is 6.08 Å². The van der Waals surface area contributed by atoms with Crippen molar-refractivity contribution < 1.29 is 9.47 Å². The molecule has 12 heavy (non-hydrogen) atoms. The average molecular weight is 165 g/mol. The van der Waals surface area contributed by atoms with Crippen molar-refractivity contribution in [3.63, 3.8) is 0 Å². The Bertz CT molecular complexity index is 276. The summed E-state index contributed by atoms with van der Waals surface area (Å²) in [6.45, 7) is 2.29. The van der Waals surface area contributed by atoms with Crippen LogP contribution >= 0.6 is 0 Å². The summed E-state index contributed by atoms with van der Waals surface area (Å²) in [5.41, 5.74) is 1.07. The van der Waals surface area contributed by atoms with Gasteiger partial charge in [0.25, 0.3) is 5.90 Å². The van der Waals surface area contributed by atoms with Crippen molar-refractivity contribution in [3.05, 3.63) is 23.6 Å². The van der Waals surface area contributed by atoms with Gasteiger partial charge < -0.3 is 9.47 Å². The Morgan fingerprint density at radius 1 is 1.50 bits per heavy atom. The van der Waals surface area contributed by atoms with E-state index in [-0.39, 0.29) is 0 Å². The molecule has 0 atom stereocenters. The summed E-state index contributed by atoms with van der Waals surface area (Å²) in [6.07, 6.45) is 5.98. The molecule has 0 aromatic carbocycles. The lowest BCUT2D eigenvalue weighted by Gasteiger charge is -1.95. The highest BCUT2D eigenvalue weighted by atomic mass is 16.7. The first-order chi connectivity index (χ1) is 5.90. The molecule has 2 heterocycles. The van der Waals surface area contributed by atoms with Crippen LogP contribution in [0.3, 0.4) is 0 Å². The van der Waals surface area contributed by atoms with E-state index in [1.165, 1.54) is 0 Å². The highest BCUT2D eigenvalue weighted by molar-refractivity contribution is 5.93. The quantitative estimate of drug-likeness (QED) is 0.549. The molecule has 2 aliphatic rings. The number of aliphatic imine (C=N–C) groups is 1. The van der Waals surface area contributed by atoms with Crippen LogP contribution in [-0.4, -0.2) is 12.7 Å². The Balaban J connectivity index is 2.31. The van der Waals surface area contributed by atoms with Crippen LogP contribution in [0.15, 0.2) is 28.6 Å². The lowest BCUT2D eigenvalue weighted by Crippen LogP contribution is -1.95. The fourth-order valence-electron chi connectivity index (χ4n) is 1.26. The van der Waals surface area contributed by atoms with Gasteiger partial charge in [0, 0.05) is 5.70 Å². The maximum atomic E-state index is 5.21.